The highest BCUT2D eigenvalue weighted by molar-refractivity contribution is 6.09. The maximum Gasteiger partial charge on any atom is 0.167 e. The molecule has 1 aliphatic carbocycles. The average molecular weight is 708 g/mol. The molecule has 260 valence electrons. The summed E-state index contributed by atoms with van der Waals surface area (Å²) in [5.41, 5.74) is 9.76. The molecule has 3 heterocycles. The van der Waals surface area contributed by atoms with Crippen LogP contribution in [0.4, 0.5) is 0 Å². The molecule has 55 heavy (non-hydrogen) atoms. The highest BCUT2D eigenvalue weighted by Gasteiger charge is 2.34. The van der Waals surface area contributed by atoms with Crippen molar-refractivity contribution in [3.63, 3.8) is 0 Å². The molecule has 5 heteroatoms. The zero-order valence-electron chi connectivity index (χ0n) is 30.0. The van der Waals surface area contributed by atoms with Gasteiger partial charge >= 0.3 is 0 Å². The van der Waals surface area contributed by atoms with Crippen LogP contribution in [0.15, 0.2) is 173 Å². The summed E-state index contributed by atoms with van der Waals surface area (Å²) in [4.78, 5) is 16.0. The third kappa shape index (κ3) is 5.19. The molecular formula is C50H33N3O2. The van der Waals surface area contributed by atoms with Crippen LogP contribution in [0.3, 0.4) is 0 Å². The van der Waals surface area contributed by atoms with Gasteiger partial charge < -0.3 is 8.83 Å². The zero-order valence-corrected chi connectivity index (χ0v) is 30.0. The van der Waals surface area contributed by atoms with Gasteiger partial charge in [0.25, 0.3) is 0 Å². The van der Waals surface area contributed by atoms with Crippen LogP contribution in [0.5, 0.6) is 0 Å². The largest absolute Gasteiger partial charge is 0.456 e. The highest BCUT2D eigenvalue weighted by Crippen LogP contribution is 2.47. The zero-order chi connectivity index (χ0) is 36.5. The number of nitrogens with zero attached hydrogens (tertiary/aromatic N) is 3. The molecule has 0 amide bonds. The molecule has 7 aromatic carbocycles. The van der Waals surface area contributed by atoms with Crippen LogP contribution in [0.1, 0.15) is 30.0 Å². The quantitative estimate of drug-likeness (QED) is 0.178. The van der Waals surface area contributed by atoms with E-state index in [0.29, 0.717) is 17.5 Å². The number of allylic oxidation sites excluding steroid dienone is 1. The first-order valence-electron chi connectivity index (χ1n) is 18.7. The minimum atomic E-state index is -0.204. The van der Waals surface area contributed by atoms with Crippen molar-refractivity contribution in [1.29, 1.82) is 0 Å². The van der Waals surface area contributed by atoms with Gasteiger partial charge in [-0.05, 0) is 75.4 Å². The lowest BCUT2D eigenvalue weighted by molar-refractivity contribution is 0.545. The fourth-order valence-corrected chi connectivity index (χ4v) is 8.37. The Bertz CT molecular complexity index is 3140. The van der Waals surface area contributed by atoms with Gasteiger partial charge in [-0.1, -0.05) is 140 Å². The Kier molecular flexibility index (Phi) is 7.14. The Balaban J connectivity index is 1.15. The molecule has 0 fully saturated rings. The Morgan fingerprint density at radius 2 is 1.18 bits per heavy atom. The number of fused-ring (bicyclic) bond motifs is 7. The number of aromatic nitrogens is 3. The third-order valence-electron chi connectivity index (χ3n) is 11.0. The van der Waals surface area contributed by atoms with Crippen molar-refractivity contribution in [3.05, 3.63) is 181 Å². The number of para-hydroxylation sites is 2. The van der Waals surface area contributed by atoms with Gasteiger partial charge in [-0.2, -0.15) is 0 Å². The Morgan fingerprint density at radius 3 is 2.11 bits per heavy atom. The number of rotatable bonds is 5. The summed E-state index contributed by atoms with van der Waals surface area (Å²) in [5.74, 6) is 2.57. The van der Waals surface area contributed by atoms with Gasteiger partial charge in [0.1, 0.15) is 28.3 Å². The lowest BCUT2D eigenvalue weighted by Gasteiger charge is -2.25. The second kappa shape index (κ2) is 12.5. The van der Waals surface area contributed by atoms with Crippen molar-refractivity contribution in [1.82, 2.24) is 15.0 Å². The second-order valence-electron chi connectivity index (χ2n) is 14.4. The van der Waals surface area contributed by atoms with Crippen molar-refractivity contribution >= 4 is 49.8 Å². The monoisotopic (exact) mass is 707 g/mol. The van der Waals surface area contributed by atoms with Crippen LogP contribution < -0.4 is 0 Å². The Labute approximate surface area is 317 Å². The molecule has 0 saturated carbocycles. The SMILES string of the molecule is CC1C=Cc2oc3cccc(-c4ccccc4)c3c2C1c1nc(-c2cccc(-c3ccc4ccccc4c3)c2)nc(-c2cccc3c2oc2ccccc23)n1. The van der Waals surface area contributed by atoms with Crippen LogP contribution in [-0.2, 0) is 0 Å². The molecule has 11 rings (SSSR count). The summed E-state index contributed by atoms with van der Waals surface area (Å²) < 4.78 is 13.1. The number of furan rings is 2. The second-order valence-corrected chi connectivity index (χ2v) is 14.4. The van der Waals surface area contributed by atoms with E-state index in [2.05, 4.69) is 153 Å². The van der Waals surface area contributed by atoms with Crippen LogP contribution in [0.25, 0.3) is 94.8 Å². The molecule has 5 nitrogen and oxygen atoms in total. The summed E-state index contributed by atoms with van der Waals surface area (Å²) in [5, 5.41) is 5.59. The fraction of sp³-hybridized carbons (Fsp3) is 0.0600. The molecule has 3 aromatic heterocycles. The van der Waals surface area contributed by atoms with Gasteiger partial charge in [-0.15, -0.1) is 0 Å². The first-order chi connectivity index (χ1) is 27.2. The summed E-state index contributed by atoms with van der Waals surface area (Å²) in [7, 11) is 0. The van der Waals surface area contributed by atoms with Crippen LogP contribution in [0, 0.1) is 5.92 Å². The number of hydrogen-bond donors (Lipinski definition) is 0. The highest BCUT2D eigenvalue weighted by atomic mass is 16.3. The predicted molar refractivity (Wildman–Crippen MR) is 223 cm³/mol. The minimum Gasteiger partial charge on any atom is -0.456 e. The van der Waals surface area contributed by atoms with E-state index >= 15 is 0 Å². The van der Waals surface area contributed by atoms with Crippen LogP contribution in [-0.4, -0.2) is 15.0 Å². The van der Waals surface area contributed by atoms with E-state index in [1.165, 1.54) is 10.8 Å². The molecule has 0 aliphatic heterocycles. The average Bonchev–Trinajstić information content (AvgIpc) is 3.82. The standard InChI is InChI=1S/C50H33N3O2/c1-30-24-27-43-46(45-37(19-11-23-42(45)54-43)32-13-3-2-4-14-32)44(30)50-52-48(36-17-9-16-34(29-36)35-26-25-31-12-5-6-15-33(31)28-35)51-49(53-50)40-21-10-20-39-38-18-7-8-22-41(38)55-47(39)40/h2-30,44H,1H3. The van der Waals surface area contributed by atoms with E-state index in [1.54, 1.807) is 0 Å². The van der Waals surface area contributed by atoms with Crippen LogP contribution in [0.2, 0.25) is 0 Å². The van der Waals surface area contributed by atoms with Gasteiger partial charge in [-0.25, -0.2) is 15.0 Å². The number of benzene rings is 7. The first-order valence-corrected chi connectivity index (χ1v) is 18.7. The summed E-state index contributed by atoms with van der Waals surface area (Å²) in [6, 6.07) is 54.7. The molecular weight excluding hydrogens is 675 g/mol. The summed E-state index contributed by atoms with van der Waals surface area (Å²) in [6.45, 7) is 2.23. The van der Waals surface area contributed by atoms with Gasteiger partial charge in [-0.3, -0.25) is 0 Å². The van der Waals surface area contributed by atoms with Crippen molar-refractivity contribution in [3.8, 4) is 45.0 Å². The van der Waals surface area contributed by atoms with Gasteiger partial charge in [0, 0.05) is 27.3 Å². The van der Waals surface area contributed by atoms with Crippen molar-refractivity contribution in [2.75, 3.05) is 0 Å². The molecule has 10 aromatic rings. The lowest BCUT2D eigenvalue weighted by Crippen LogP contribution is -2.18. The lowest BCUT2D eigenvalue weighted by atomic mass is 9.80. The van der Waals surface area contributed by atoms with Crippen molar-refractivity contribution < 1.29 is 8.83 Å². The normalized spacial score (nSPS) is 15.3. The molecule has 0 spiro atoms. The molecule has 2 atom stereocenters. The maximum absolute atomic E-state index is 6.60. The summed E-state index contributed by atoms with van der Waals surface area (Å²) >= 11 is 0. The van der Waals surface area contributed by atoms with E-state index in [4.69, 9.17) is 23.8 Å². The third-order valence-corrected chi connectivity index (χ3v) is 11.0. The Morgan fingerprint density at radius 1 is 0.491 bits per heavy atom. The van der Waals surface area contributed by atoms with Crippen molar-refractivity contribution in [2.24, 2.45) is 5.92 Å². The molecule has 2 unspecified atom stereocenters. The van der Waals surface area contributed by atoms with Gasteiger partial charge in [0.2, 0.25) is 0 Å². The van der Waals surface area contributed by atoms with E-state index in [-0.39, 0.29) is 11.8 Å². The Hall–Kier alpha value is -7.11. The summed E-state index contributed by atoms with van der Waals surface area (Å²) in [6.07, 6.45) is 4.32. The topological polar surface area (TPSA) is 65.0 Å². The maximum atomic E-state index is 6.60. The molecule has 0 bridgehead atoms. The van der Waals surface area contributed by atoms with E-state index in [9.17, 15) is 0 Å². The smallest absolute Gasteiger partial charge is 0.167 e. The van der Waals surface area contributed by atoms with E-state index in [1.807, 2.05) is 24.3 Å². The van der Waals surface area contributed by atoms with Gasteiger partial charge in [0.05, 0.1) is 11.5 Å². The van der Waals surface area contributed by atoms with E-state index < -0.39 is 0 Å². The van der Waals surface area contributed by atoms with Crippen LogP contribution >= 0.6 is 0 Å². The predicted octanol–water partition coefficient (Wildman–Crippen LogP) is 13.1. The molecule has 0 radical (unpaired) electrons. The molecule has 0 N–H and O–H groups in total. The first kappa shape index (κ1) is 31.4. The van der Waals surface area contributed by atoms with E-state index in [0.717, 1.165) is 77.6 Å². The minimum absolute atomic E-state index is 0.0751. The number of hydrogen-bond acceptors (Lipinski definition) is 5. The molecule has 1 aliphatic rings. The van der Waals surface area contributed by atoms with Crippen molar-refractivity contribution in [2.45, 2.75) is 12.8 Å². The van der Waals surface area contributed by atoms with Gasteiger partial charge in [0.15, 0.2) is 11.6 Å². The fourth-order valence-electron chi connectivity index (χ4n) is 8.37. The molecule has 0 saturated heterocycles.